The third kappa shape index (κ3) is 5.87. The van der Waals surface area contributed by atoms with Crippen LogP contribution >= 0.6 is 0 Å². The minimum Gasteiger partial charge on any atom is -0.379 e. The monoisotopic (exact) mass is 492 g/mol. The van der Waals surface area contributed by atoms with Gasteiger partial charge in [0.05, 0.1) is 24.3 Å². The lowest BCUT2D eigenvalue weighted by atomic mass is 9.88. The number of hydrogen-bond donors (Lipinski definition) is 1. The van der Waals surface area contributed by atoms with Gasteiger partial charge in [0.1, 0.15) is 11.4 Å². The highest BCUT2D eigenvalue weighted by molar-refractivity contribution is 5.87. The Labute approximate surface area is 191 Å². The Morgan fingerprint density at radius 1 is 0.912 bits per heavy atom. The van der Waals surface area contributed by atoms with Gasteiger partial charge in [-0.1, -0.05) is 12.1 Å². The van der Waals surface area contributed by atoms with Gasteiger partial charge >= 0.3 is 12.4 Å². The van der Waals surface area contributed by atoms with Gasteiger partial charge in [0.2, 0.25) is 5.91 Å². The number of nitrogens with one attached hydrogen (secondary N) is 1. The molecule has 0 aliphatic carbocycles. The SMILES string of the molecule is CC(C(=O)NCCc1cc(C(F)(F)F)cc(C(F)(F)F)c1)(c1ccc(F)cc1)N1CCOCC1. The maximum absolute atomic E-state index is 13.4. The Morgan fingerprint density at radius 2 is 1.44 bits per heavy atom. The Hall–Kier alpha value is -2.66. The van der Waals surface area contributed by atoms with Crippen LogP contribution in [0.15, 0.2) is 42.5 Å². The average molecular weight is 492 g/mol. The topological polar surface area (TPSA) is 41.6 Å². The molecule has 1 N–H and O–H groups in total. The zero-order valence-corrected chi connectivity index (χ0v) is 18.2. The van der Waals surface area contributed by atoms with Crippen LogP contribution in [0.2, 0.25) is 0 Å². The Morgan fingerprint density at radius 3 is 1.94 bits per heavy atom. The van der Waals surface area contributed by atoms with E-state index in [4.69, 9.17) is 4.74 Å². The van der Waals surface area contributed by atoms with E-state index in [1.165, 1.54) is 24.3 Å². The van der Waals surface area contributed by atoms with Gasteiger partial charge in [-0.15, -0.1) is 0 Å². The van der Waals surface area contributed by atoms with Crippen molar-refractivity contribution in [2.45, 2.75) is 31.2 Å². The van der Waals surface area contributed by atoms with Crippen LogP contribution < -0.4 is 5.32 Å². The van der Waals surface area contributed by atoms with Gasteiger partial charge in [-0.3, -0.25) is 9.69 Å². The van der Waals surface area contributed by atoms with Crippen LogP contribution in [0.25, 0.3) is 0 Å². The second-order valence-corrected chi connectivity index (χ2v) is 8.10. The Bertz CT molecular complexity index is 968. The quantitative estimate of drug-likeness (QED) is 0.591. The molecule has 4 nitrogen and oxygen atoms in total. The van der Waals surface area contributed by atoms with Crippen LogP contribution in [-0.2, 0) is 33.8 Å². The molecule has 1 aliphatic heterocycles. The fourth-order valence-electron chi connectivity index (χ4n) is 3.90. The number of rotatable bonds is 6. The van der Waals surface area contributed by atoms with Gasteiger partial charge < -0.3 is 10.1 Å². The van der Waals surface area contributed by atoms with Gasteiger partial charge in [0.25, 0.3) is 0 Å². The fraction of sp³-hybridized carbons (Fsp3) is 0.435. The smallest absolute Gasteiger partial charge is 0.379 e. The molecule has 0 saturated carbocycles. The van der Waals surface area contributed by atoms with E-state index in [1.54, 1.807) is 6.92 Å². The summed E-state index contributed by atoms with van der Waals surface area (Å²) in [7, 11) is 0. The molecule has 2 aromatic carbocycles. The predicted molar refractivity (Wildman–Crippen MR) is 109 cm³/mol. The third-order valence-corrected chi connectivity index (χ3v) is 5.84. The molecule has 1 atom stereocenters. The molecule has 186 valence electrons. The molecule has 0 bridgehead atoms. The minimum absolute atomic E-state index is 0.0616. The summed E-state index contributed by atoms with van der Waals surface area (Å²) in [6.45, 7) is 2.99. The first-order chi connectivity index (χ1) is 15.8. The van der Waals surface area contributed by atoms with Crippen molar-refractivity contribution in [3.8, 4) is 0 Å². The van der Waals surface area contributed by atoms with Crippen molar-refractivity contribution in [2.75, 3.05) is 32.8 Å². The number of alkyl halides is 6. The normalized spacial score (nSPS) is 17.3. The van der Waals surface area contributed by atoms with Gasteiger partial charge in [0, 0.05) is 19.6 Å². The van der Waals surface area contributed by atoms with E-state index in [0.717, 1.165) is 0 Å². The van der Waals surface area contributed by atoms with E-state index in [9.17, 15) is 35.5 Å². The lowest BCUT2D eigenvalue weighted by Gasteiger charge is -2.42. The lowest BCUT2D eigenvalue weighted by Crippen LogP contribution is -2.57. The van der Waals surface area contributed by atoms with Crippen LogP contribution in [0.4, 0.5) is 30.7 Å². The van der Waals surface area contributed by atoms with Crippen LogP contribution in [-0.4, -0.2) is 43.7 Å². The molecular weight excluding hydrogens is 469 g/mol. The van der Waals surface area contributed by atoms with Crippen LogP contribution in [0.1, 0.15) is 29.2 Å². The summed E-state index contributed by atoms with van der Waals surface area (Å²) in [5.74, 6) is -0.998. The maximum Gasteiger partial charge on any atom is 0.416 e. The zero-order valence-electron chi connectivity index (χ0n) is 18.2. The first kappa shape index (κ1) is 26.0. The Kier molecular flexibility index (Phi) is 7.56. The summed E-state index contributed by atoms with van der Waals surface area (Å²) in [6, 6.07) is 6.70. The molecule has 1 heterocycles. The maximum atomic E-state index is 13.4. The highest BCUT2D eigenvalue weighted by Crippen LogP contribution is 2.36. The average Bonchev–Trinajstić information content (AvgIpc) is 2.78. The predicted octanol–water partition coefficient (Wildman–Crippen LogP) is 4.77. The summed E-state index contributed by atoms with van der Waals surface area (Å²) in [5, 5.41) is 2.62. The summed E-state index contributed by atoms with van der Waals surface area (Å²) >= 11 is 0. The van der Waals surface area contributed by atoms with Gasteiger partial charge in [-0.05, 0) is 54.8 Å². The van der Waals surface area contributed by atoms with Crippen molar-refractivity contribution < 1.29 is 40.3 Å². The summed E-state index contributed by atoms with van der Waals surface area (Å²) in [6.07, 6.45) is -10.1. The summed E-state index contributed by atoms with van der Waals surface area (Å²) in [5.41, 5.74) is -3.78. The number of amides is 1. The highest BCUT2D eigenvalue weighted by Gasteiger charge is 2.42. The molecule has 2 aromatic rings. The standard InChI is InChI=1S/C23H23F7N2O2/c1-21(32-8-10-34-11-9-32,16-2-4-19(24)5-3-16)20(33)31-7-6-15-12-17(22(25,26)27)14-18(13-15)23(28,29)30/h2-5,12-14H,6-11H2,1H3,(H,31,33). The molecule has 1 fully saturated rings. The van der Waals surface area contributed by atoms with E-state index in [1.807, 2.05) is 4.90 Å². The number of benzene rings is 2. The molecule has 3 rings (SSSR count). The molecule has 1 unspecified atom stereocenters. The second-order valence-electron chi connectivity index (χ2n) is 8.10. The number of halogens is 7. The van der Waals surface area contributed by atoms with Gasteiger partial charge in [-0.2, -0.15) is 26.3 Å². The van der Waals surface area contributed by atoms with Crippen LogP contribution in [0.3, 0.4) is 0 Å². The number of hydrogen-bond acceptors (Lipinski definition) is 3. The van der Waals surface area contributed by atoms with Crippen molar-refractivity contribution >= 4 is 5.91 Å². The first-order valence-electron chi connectivity index (χ1n) is 10.5. The molecule has 0 radical (unpaired) electrons. The van der Waals surface area contributed by atoms with Gasteiger partial charge in [0.15, 0.2) is 0 Å². The van der Waals surface area contributed by atoms with Crippen LogP contribution in [0.5, 0.6) is 0 Å². The van der Waals surface area contributed by atoms with Crippen molar-refractivity contribution in [2.24, 2.45) is 0 Å². The second kappa shape index (κ2) is 9.91. The highest BCUT2D eigenvalue weighted by atomic mass is 19.4. The molecular formula is C23H23F7N2O2. The first-order valence-corrected chi connectivity index (χ1v) is 10.5. The zero-order chi connectivity index (χ0) is 25.1. The molecule has 1 aliphatic rings. The molecule has 1 saturated heterocycles. The largest absolute Gasteiger partial charge is 0.416 e. The minimum atomic E-state index is -4.95. The fourth-order valence-corrected chi connectivity index (χ4v) is 3.90. The molecule has 34 heavy (non-hydrogen) atoms. The van der Waals surface area contributed by atoms with E-state index in [-0.39, 0.29) is 24.6 Å². The van der Waals surface area contributed by atoms with E-state index in [0.29, 0.717) is 44.0 Å². The van der Waals surface area contributed by atoms with E-state index in [2.05, 4.69) is 5.32 Å². The van der Waals surface area contributed by atoms with Crippen LogP contribution in [0, 0.1) is 5.82 Å². The molecule has 11 heteroatoms. The molecule has 1 amide bonds. The summed E-state index contributed by atoms with van der Waals surface area (Å²) in [4.78, 5) is 15.1. The lowest BCUT2D eigenvalue weighted by molar-refractivity contribution is -0.143. The number of ether oxygens (including phenoxy) is 1. The van der Waals surface area contributed by atoms with E-state index < -0.39 is 40.7 Å². The van der Waals surface area contributed by atoms with Crippen molar-refractivity contribution in [1.29, 1.82) is 0 Å². The van der Waals surface area contributed by atoms with Gasteiger partial charge in [-0.25, -0.2) is 4.39 Å². The van der Waals surface area contributed by atoms with Crippen molar-refractivity contribution in [1.82, 2.24) is 10.2 Å². The number of morpholine rings is 1. The summed E-state index contributed by atoms with van der Waals surface area (Å²) < 4.78 is 97.3. The number of carbonyl (C=O) groups is 1. The van der Waals surface area contributed by atoms with Crippen molar-refractivity contribution in [3.05, 3.63) is 70.5 Å². The molecule has 0 spiro atoms. The van der Waals surface area contributed by atoms with Crippen molar-refractivity contribution in [3.63, 3.8) is 0 Å². The molecule has 0 aromatic heterocycles. The number of nitrogens with zero attached hydrogens (tertiary/aromatic N) is 1. The van der Waals surface area contributed by atoms with E-state index >= 15 is 0 Å². The Balaban J connectivity index is 1.80. The number of carbonyl (C=O) groups excluding carboxylic acids is 1. The third-order valence-electron chi connectivity index (χ3n) is 5.84.